The second kappa shape index (κ2) is 18.2. The second-order valence-electron chi connectivity index (χ2n) is 9.14. The highest BCUT2D eigenvalue weighted by Crippen LogP contribution is 2.28. The van der Waals surface area contributed by atoms with Crippen LogP contribution in [0.15, 0.2) is 48.5 Å². The van der Waals surface area contributed by atoms with Gasteiger partial charge >= 0.3 is 18.3 Å². The number of nitrogens with two attached hydrogens (primary N) is 1. The number of hydrogen-bond acceptors (Lipinski definition) is 10. The van der Waals surface area contributed by atoms with Crippen LogP contribution < -0.4 is 5.73 Å². The molecule has 11 nitrogen and oxygen atoms in total. The molecule has 1 aromatic heterocycles. The molecule has 3 aromatic rings. The van der Waals surface area contributed by atoms with Crippen molar-refractivity contribution >= 4 is 35.0 Å². The van der Waals surface area contributed by atoms with Crippen molar-refractivity contribution in [1.82, 2.24) is 9.55 Å². The first-order valence-electron chi connectivity index (χ1n) is 13.0. The SMILES string of the molecule is CC(=O)OCc1nc2ccccc2n1C1CCOCC1.Nc1ccccc1CC1CCOCC1.O=C=O.O=C=O. The van der Waals surface area contributed by atoms with Crippen LogP contribution in [0.5, 0.6) is 0 Å². The summed E-state index contributed by atoms with van der Waals surface area (Å²) in [6, 6.07) is 16.6. The highest BCUT2D eigenvalue weighted by atomic mass is 16.5. The van der Waals surface area contributed by atoms with Crippen molar-refractivity contribution in [3.8, 4) is 0 Å². The fraction of sp³-hybridized carbons (Fsp3) is 0.448. The molecule has 0 amide bonds. The van der Waals surface area contributed by atoms with E-state index in [4.69, 9.17) is 39.1 Å². The second-order valence-corrected chi connectivity index (χ2v) is 9.14. The first-order chi connectivity index (χ1) is 19.4. The molecule has 0 spiro atoms. The number of fused-ring (bicyclic) bond motifs is 1. The average molecular weight is 554 g/mol. The Hall–Kier alpha value is -4.14. The largest absolute Gasteiger partial charge is 0.458 e. The van der Waals surface area contributed by atoms with E-state index in [1.54, 1.807) is 0 Å². The molecular weight excluding hydrogens is 518 g/mol. The van der Waals surface area contributed by atoms with Gasteiger partial charge in [0.2, 0.25) is 0 Å². The number of hydrogen-bond donors (Lipinski definition) is 1. The van der Waals surface area contributed by atoms with Crippen LogP contribution in [0.25, 0.3) is 11.0 Å². The van der Waals surface area contributed by atoms with Gasteiger partial charge in [0.1, 0.15) is 12.4 Å². The Morgan fingerprint density at radius 2 is 1.48 bits per heavy atom. The van der Waals surface area contributed by atoms with Gasteiger partial charge in [0.15, 0.2) is 0 Å². The molecule has 0 atom stereocenters. The predicted molar refractivity (Wildman–Crippen MR) is 142 cm³/mol. The number of para-hydroxylation sites is 3. The van der Waals surface area contributed by atoms with E-state index in [-0.39, 0.29) is 24.9 Å². The Morgan fingerprint density at radius 3 is 2.08 bits per heavy atom. The van der Waals surface area contributed by atoms with E-state index in [9.17, 15) is 4.79 Å². The maximum Gasteiger partial charge on any atom is 0.373 e. The molecule has 5 rings (SSSR count). The number of anilines is 1. The summed E-state index contributed by atoms with van der Waals surface area (Å²) in [7, 11) is 0. The minimum absolute atomic E-state index is 0.224. The van der Waals surface area contributed by atoms with E-state index in [0.717, 1.165) is 74.2 Å². The molecule has 3 heterocycles. The molecule has 0 radical (unpaired) electrons. The molecular formula is C29H35N3O8. The molecule has 0 saturated carbocycles. The van der Waals surface area contributed by atoms with Crippen LogP contribution in [0.1, 0.15) is 50.0 Å². The third kappa shape index (κ3) is 10.6. The Bertz CT molecular complexity index is 1240. The van der Waals surface area contributed by atoms with E-state index < -0.39 is 0 Å². The summed E-state index contributed by atoms with van der Waals surface area (Å²) in [6.45, 7) is 5.01. The number of aromatic nitrogens is 2. The summed E-state index contributed by atoms with van der Waals surface area (Å²) in [4.78, 5) is 48.1. The number of benzene rings is 2. The number of imidazole rings is 1. The molecule has 2 aromatic carbocycles. The first kappa shape index (κ1) is 32.1. The van der Waals surface area contributed by atoms with Gasteiger partial charge in [-0.2, -0.15) is 19.2 Å². The summed E-state index contributed by atoms with van der Waals surface area (Å²) in [5, 5.41) is 0. The van der Waals surface area contributed by atoms with Crippen LogP contribution in [-0.4, -0.2) is 54.3 Å². The lowest BCUT2D eigenvalue weighted by Gasteiger charge is -2.25. The zero-order valence-corrected chi connectivity index (χ0v) is 22.6. The van der Waals surface area contributed by atoms with Crippen LogP contribution >= 0.6 is 0 Å². The fourth-order valence-electron chi connectivity index (χ4n) is 4.69. The molecule has 2 aliphatic heterocycles. The Kier molecular flexibility index (Phi) is 14.6. The van der Waals surface area contributed by atoms with Gasteiger partial charge in [-0.15, -0.1) is 0 Å². The maximum absolute atomic E-state index is 11.0. The first-order valence-corrected chi connectivity index (χ1v) is 13.0. The zero-order valence-electron chi connectivity index (χ0n) is 22.6. The molecule has 11 heteroatoms. The number of nitrogen functional groups attached to an aromatic ring is 1. The standard InChI is InChI=1S/C15H18N2O3.C12H17NO.2CO2/c1-11(18)20-10-15-16-13-4-2-3-5-14(13)17(15)12-6-8-19-9-7-12;13-12-4-2-1-3-11(12)9-10-5-7-14-8-6-10;2*2-1-3/h2-5,12H,6-10H2,1H3;1-4,10H,5-9,13H2;;. The molecule has 0 bridgehead atoms. The van der Waals surface area contributed by atoms with Crippen molar-refractivity contribution in [2.75, 3.05) is 32.2 Å². The summed E-state index contributed by atoms with van der Waals surface area (Å²) < 4.78 is 18.1. The minimum atomic E-state index is -0.282. The summed E-state index contributed by atoms with van der Waals surface area (Å²) >= 11 is 0. The number of carbonyl (C=O) groups is 1. The van der Waals surface area contributed by atoms with Gasteiger partial charge in [0.25, 0.3) is 0 Å². The third-order valence-electron chi connectivity index (χ3n) is 6.53. The number of carbonyl (C=O) groups excluding carboxylic acids is 5. The van der Waals surface area contributed by atoms with Gasteiger partial charge in [0, 0.05) is 45.1 Å². The summed E-state index contributed by atoms with van der Waals surface area (Å²) in [5.41, 5.74) is 10.2. The Morgan fingerprint density at radius 1 is 0.925 bits per heavy atom. The molecule has 40 heavy (non-hydrogen) atoms. The molecule has 2 aliphatic rings. The number of ether oxygens (including phenoxy) is 3. The minimum Gasteiger partial charge on any atom is -0.458 e. The molecule has 214 valence electrons. The maximum atomic E-state index is 11.0. The van der Waals surface area contributed by atoms with Gasteiger partial charge in [-0.25, -0.2) is 4.98 Å². The van der Waals surface area contributed by atoms with E-state index in [2.05, 4.69) is 27.8 Å². The highest BCUT2D eigenvalue weighted by Gasteiger charge is 2.22. The van der Waals surface area contributed by atoms with Crippen molar-refractivity contribution in [1.29, 1.82) is 0 Å². The van der Waals surface area contributed by atoms with Crippen LogP contribution in [0.4, 0.5) is 5.69 Å². The van der Waals surface area contributed by atoms with Crippen molar-refractivity contribution in [2.45, 2.75) is 51.7 Å². The van der Waals surface area contributed by atoms with Gasteiger partial charge in [-0.3, -0.25) is 4.79 Å². The molecule has 2 N–H and O–H groups in total. The lowest BCUT2D eigenvalue weighted by Crippen LogP contribution is -2.21. The van der Waals surface area contributed by atoms with E-state index in [1.807, 2.05) is 30.3 Å². The average Bonchev–Trinajstić information content (AvgIpc) is 3.34. The smallest absolute Gasteiger partial charge is 0.373 e. The van der Waals surface area contributed by atoms with E-state index in [0.29, 0.717) is 6.04 Å². The van der Waals surface area contributed by atoms with E-state index in [1.165, 1.54) is 25.3 Å². The zero-order chi connectivity index (χ0) is 29.2. The summed E-state index contributed by atoms with van der Waals surface area (Å²) in [6.07, 6.45) is 5.89. The van der Waals surface area contributed by atoms with E-state index >= 15 is 0 Å². The van der Waals surface area contributed by atoms with Crippen LogP contribution in [0.2, 0.25) is 0 Å². The Labute approximate surface area is 232 Å². The highest BCUT2D eigenvalue weighted by molar-refractivity contribution is 5.76. The van der Waals surface area contributed by atoms with Gasteiger partial charge in [-0.1, -0.05) is 30.3 Å². The van der Waals surface area contributed by atoms with Crippen LogP contribution in [0.3, 0.4) is 0 Å². The topological polar surface area (TPSA) is 157 Å². The monoisotopic (exact) mass is 553 g/mol. The van der Waals surface area contributed by atoms with Crippen LogP contribution in [-0.2, 0) is 51.2 Å². The predicted octanol–water partition coefficient (Wildman–Crippen LogP) is 3.52. The van der Waals surface area contributed by atoms with Crippen molar-refractivity contribution < 1.29 is 38.2 Å². The van der Waals surface area contributed by atoms with Crippen molar-refractivity contribution in [3.63, 3.8) is 0 Å². The lowest BCUT2D eigenvalue weighted by molar-refractivity contribution is -0.193. The number of rotatable bonds is 5. The van der Waals surface area contributed by atoms with Gasteiger partial charge in [0.05, 0.1) is 11.0 Å². The van der Waals surface area contributed by atoms with Crippen LogP contribution in [0, 0.1) is 5.92 Å². The number of nitrogens with zero attached hydrogens (tertiary/aromatic N) is 2. The number of esters is 1. The third-order valence-corrected chi connectivity index (χ3v) is 6.53. The normalized spacial score (nSPS) is 15.0. The lowest BCUT2D eigenvalue weighted by atomic mass is 9.92. The fourth-order valence-corrected chi connectivity index (χ4v) is 4.69. The summed E-state index contributed by atoms with van der Waals surface area (Å²) in [5.74, 6) is 1.29. The van der Waals surface area contributed by atoms with Gasteiger partial charge in [-0.05, 0) is 61.8 Å². The van der Waals surface area contributed by atoms with Gasteiger partial charge < -0.3 is 24.5 Å². The molecule has 0 unspecified atom stereocenters. The quantitative estimate of drug-likeness (QED) is 0.366. The van der Waals surface area contributed by atoms with Crippen molar-refractivity contribution in [2.24, 2.45) is 5.92 Å². The van der Waals surface area contributed by atoms with Crippen molar-refractivity contribution in [3.05, 3.63) is 59.9 Å². The molecule has 0 aliphatic carbocycles. The molecule has 2 saturated heterocycles. The Balaban J connectivity index is 0.000000244. The molecule has 2 fully saturated rings.